The van der Waals surface area contributed by atoms with Crippen LogP contribution in [0.4, 0.5) is 0 Å². The maximum absolute atomic E-state index is 11.1. The first-order valence-corrected chi connectivity index (χ1v) is 8.84. The van der Waals surface area contributed by atoms with Gasteiger partial charge in [0, 0.05) is 30.9 Å². The lowest BCUT2D eigenvalue weighted by Crippen LogP contribution is -2.45. The number of rotatable bonds is 3. The molecule has 2 aromatic rings. The van der Waals surface area contributed by atoms with Crippen molar-refractivity contribution in [1.82, 2.24) is 14.5 Å². The van der Waals surface area contributed by atoms with E-state index in [1.54, 1.807) is 0 Å². The molecule has 1 unspecified atom stereocenters. The molecule has 1 aromatic heterocycles. The van der Waals surface area contributed by atoms with Crippen LogP contribution in [0.15, 0.2) is 30.5 Å². The third kappa shape index (κ3) is 3.09. The number of benzene rings is 1. The number of hydrogen-bond acceptors (Lipinski definition) is 4. The number of aromatic nitrogens is 2. The van der Waals surface area contributed by atoms with Gasteiger partial charge in [0.1, 0.15) is 18.0 Å². The summed E-state index contributed by atoms with van der Waals surface area (Å²) in [6.45, 7) is 4.63. The monoisotopic (exact) mass is 347 g/mol. The quantitative estimate of drug-likeness (QED) is 0.927. The third-order valence-corrected chi connectivity index (χ3v) is 5.28. The van der Waals surface area contributed by atoms with Gasteiger partial charge in [0.25, 0.3) is 0 Å². The van der Waals surface area contributed by atoms with Crippen LogP contribution in [0.5, 0.6) is 0 Å². The van der Waals surface area contributed by atoms with Gasteiger partial charge in [-0.1, -0.05) is 23.7 Å². The Kier molecular flexibility index (Phi) is 4.35. The highest BCUT2D eigenvalue weighted by Crippen LogP contribution is 2.33. The van der Waals surface area contributed by atoms with Gasteiger partial charge in [-0.15, -0.1) is 0 Å². The minimum Gasteiger partial charge on any atom is -0.384 e. The maximum Gasteiger partial charge on any atom is 0.135 e. The molecular formula is C18H22ClN3O2. The predicted octanol–water partition coefficient (Wildman–Crippen LogP) is 2.55. The van der Waals surface area contributed by atoms with Gasteiger partial charge < -0.3 is 14.4 Å². The van der Waals surface area contributed by atoms with Crippen molar-refractivity contribution in [3.8, 4) is 0 Å². The molecule has 1 aromatic carbocycles. The second-order valence-electron chi connectivity index (χ2n) is 6.72. The number of β-amino-alcohol motifs (C(OH)–C–C–N with tert-alkyl or cyclic N) is 1. The topological polar surface area (TPSA) is 50.5 Å². The Morgan fingerprint density at radius 3 is 2.92 bits per heavy atom. The third-order valence-electron chi connectivity index (χ3n) is 5.03. The van der Waals surface area contributed by atoms with Crippen molar-refractivity contribution < 1.29 is 9.84 Å². The Bertz CT molecular complexity index is 716. The highest BCUT2D eigenvalue weighted by atomic mass is 35.5. The summed E-state index contributed by atoms with van der Waals surface area (Å²) in [6.07, 6.45) is 3.70. The molecule has 0 amide bonds. The van der Waals surface area contributed by atoms with E-state index in [0.717, 1.165) is 50.5 Å². The van der Waals surface area contributed by atoms with Crippen molar-refractivity contribution in [2.24, 2.45) is 0 Å². The van der Waals surface area contributed by atoms with Gasteiger partial charge in [0.15, 0.2) is 0 Å². The van der Waals surface area contributed by atoms with Crippen LogP contribution in [-0.2, 0) is 30.0 Å². The fraction of sp³-hybridized carbons (Fsp3) is 0.500. The fourth-order valence-corrected chi connectivity index (χ4v) is 3.90. The van der Waals surface area contributed by atoms with Gasteiger partial charge in [-0.05, 0) is 37.1 Å². The summed E-state index contributed by atoms with van der Waals surface area (Å²) in [6, 6.07) is 7.57. The van der Waals surface area contributed by atoms with E-state index in [-0.39, 0.29) is 0 Å². The van der Waals surface area contributed by atoms with Crippen LogP contribution in [0, 0.1) is 0 Å². The number of piperidine rings is 1. The minimum atomic E-state index is -0.809. The molecule has 1 saturated heterocycles. The Balaban J connectivity index is 1.50. The van der Waals surface area contributed by atoms with Crippen molar-refractivity contribution in [2.45, 2.75) is 38.1 Å². The first-order chi connectivity index (χ1) is 11.6. The van der Waals surface area contributed by atoms with E-state index in [2.05, 4.69) is 14.5 Å². The van der Waals surface area contributed by atoms with E-state index in [4.69, 9.17) is 16.3 Å². The van der Waals surface area contributed by atoms with Crippen molar-refractivity contribution in [2.75, 3.05) is 19.7 Å². The van der Waals surface area contributed by atoms with Gasteiger partial charge in [-0.25, -0.2) is 4.98 Å². The van der Waals surface area contributed by atoms with Crippen molar-refractivity contribution in [1.29, 1.82) is 0 Å². The molecule has 0 spiro atoms. The highest BCUT2D eigenvalue weighted by Gasteiger charge is 2.35. The zero-order valence-corrected chi connectivity index (χ0v) is 14.4. The van der Waals surface area contributed by atoms with E-state index >= 15 is 0 Å². The number of likely N-dealkylation sites (tertiary alicyclic amines) is 1. The first-order valence-electron chi connectivity index (χ1n) is 8.46. The second-order valence-corrected chi connectivity index (χ2v) is 7.16. The molecule has 0 saturated carbocycles. The van der Waals surface area contributed by atoms with Crippen LogP contribution in [0.1, 0.15) is 29.9 Å². The van der Waals surface area contributed by atoms with Gasteiger partial charge >= 0.3 is 0 Å². The molecule has 0 aliphatic carbocycles. The molecule has 128 valence electrons. The molecule has 6 heteroatoms. The summed E-state index contributed by atoms with van der Waals surface area (Å²) < 4.78 is 7.70. The predicted molar refractivity (Wildman–Crippen MR) is 91.7 cm³/mol. The summed E-state index contributed by atoms with van der Waals surface area (Å²) in [5.41, 5.74) is 1.34. The molecular weight excluding hydrogens is 326 g/mol. The Morgan fingerprint density at radius 2 is 2.08 bits per heavy atom. The van der Waals surface area contributed by atoms with Gasteiger partial charge in [-0.3, -0.25) is 4.90 Å². The number of halogens is 1. The largest absolute Gasteiger partial charge is 0.384 e. The van der Waals surface area contributed by atoms with Crippen molar-refractivity contribution >= 4 is 11.6 Å². The van der Waals surface area contributed by atoms with Crippen LogP contribution in [0.2, 0.25) is 5.02 Å². The average Bonchev–Trinajstić information content (AvgIpc) is 2.99. The normalized spacial score (nSPS) is 24.8. The second kappa shape index (κ2) is 6.48. The number of imidazole rings is 1. The molecule has 3 heterocycles. The fourth-order valence-electron chi connectivity index (χ4n) is 3.77. The van der Waals surface area contributed by atoms with Crippen LogP contribution < -0.4 is 0 Å². The first kappa shape index (κ1) is 16.1. The van der Waals surface area contributed by atoms with Gasteiger partial charge in [-0.2, -0.15) is 0 Å². The summed E-state index contributed by atoms with van der Waals surface area (Å²) >= 11 is 5.97. The van der Waals surface area contributed by atoms with Gasteiger partial charge in [0.2, 0.25) is 0 Å². The molecule has 24 heavy (non-hydrogen) atoms. The van der Waals surface area contributed by atoms with E-state index < -0.39 is 5.60 Å². The Labute approximate surface area is 146 Å². The van der Waals surface area contributed by atoms with Crippen molar-refractivity contribution in [3.63, 3.8) is 0 Å². The molecule has 0 radical (unpaired) electrons. The van der Waals surface area contributed by atoms with E-state index in [1.165, 1.54) is 5.69 Å². The van der Waals surface area contributed by atoms with E-state index in [1.807, 2.05) is 30.5 Å². The Morgan fingerprint density at radius 1 is 1.25 bits per heavy atom. The molecule has 5 nitrogen and oxygen atoms in total. The lowest BCUT2D eigenvalue weighted by atomic mass is 9.86. The maximum atomic E-state index is 11.1. The van der Waals surface area contributed by atoms with E-state index in [9.17, 15) is 5.11 Å². The van der Waals surface area contributed by atoms with Crippen LogP contribution in [0.25, 0.3) is 0 Å². The molecule has 1 atom stereocenters. The SMILES string of the molecule is OC1(c2ccc(Cl)cc2)CCCN(Cc2cnc3n2CCOC3)C1. The zero-order valence-electron chi connectivity index (χ0n) is 13.6. The lowest BCUT2D eigenvalue weighted by molar-refractivity contribution is -0.0389. The lowest BCUT2D eigenvalue weighted by Gasteiger charge is -2.39. The number of nitrogens with zero attached hydrogens (tertiary/aromatic N) is 3. The molecule has 2 aliphatic heterocycles. The summed E-state index contributed by atoms with van der Waals surface area (Å²) in [5.74, 6) is 1.00. The van der Waals surface area contributed by atoms with Crippen LogP contribution in [-0.4, -0.2) is 39.3 Å². The zero-order chi connectivity index (χ0) is 16.6. The molecule has 0 bridgehead atoms. The van der Waals surface area contributed by atoms with Crippen LogP contribution >= 0.6 is 11.6 Å². The molecule has 1 fully saturated rings. The number of fused-ring (bicyclic) bond motifs is 1. The standard InChI is InChI=1S/C18H22ClN3O2/c19-15-4-2-14(3-5-15)18(23)6-1-7-21(13-18)11-16-10-20-17-12-24-9-8-22(16)17/h2-5,10,23H,1,6-9,11-13H2. The molecule has 4 rings (SSSR count). The summed E-state index contributed by atoms with van der Waals surface area (Å²) in [4.78, 5) is 6.78. The molecule has 1 N–H and O–H groups in total. The number of ether oxygens (including phenoxy) is 1. The Hall–Kier alpha value is -1.40. The van der Waals surface area contributed by atoms with Crippen LogP contribution in [0.3, 0.4) is 0 Å². The molecule has 2 aliphatic rings. The van der Waals surface area contributed by atoms with E-state index in [0.29, 0.717) is 18.2 Å². The van der Waals surface area contributed by atoms with Crippen molar-refractivity contribution in [3.05, 3.63) is 52.6 Å². The summed E-state index contributed by atoms with van der Waals surface area (Å²) in [7, 11) is 0. The van der Waals surface area contributed by atoms with Gasteiger partial charge in [0.05, 0.1) is 12.3 Å². The highest BCUT2D eigenvalue weighted by molar-refractivity contribution is 6.30. The minimum absolute atomic E-state index is 0.592. The number of hydrogen-bond donors (Lipinski definition) is 1. The number of aliphatic hydroxyl groups is 1. The summed E-state index contributed by atoms with van der Waals surface area (Å²) in [5, 5.41) is 11.8. The smallest absolute Gasteiger partial charge is 0.135 e. The average molecular weight is 348 g/mol.